The Labute approximate surface area is 158 Å². The number of nitrogens with two attached hydrogens (primary N) is 1. The van der Waals surface area contributed by atoms with Gasteiger partial charge in [-0.25, -0.2) is 4.98 Å². The predicted octanol–water partition coefficient (Wildman–Crippen LogP) is 2.79. The van der Waals surface area contributed by atoms with Crippen molar-refractivity contribution in [1.82, 2.24) is 9.88 Å². The van der Waals surface area contributed by atoms with Crippen molar-refractivity contribution in [3.63, 3.8) is 0 Å². The molecule has 1 aliphatic heterocycles. The number of hydrogen-bond acceptors (Lipinski definition) is 5. The Morgan fingerprint density at radius 1 is 1.27 bits per heavy atom. The summed E-state index contributed by atoms with van der Waals surface area (Å²) in [5, 5.41) is 3.31. The molecular weight excluding hydrogens is 348 g/mol. The second-order valence-corrected chi connectivity index (χ2v) is 7.54. The molecule has 0 saturated carbocycles. The van der Waals surface area contributed by atoms with Gasteiger partial charge in [-0.05, 0) is 32.9 Å². The first kappa shape index (κ1) is 20.1. The summed E-state index contributed by atoms with van der Waals surface area (Å²) < 4.78 is 0. The molecule has 0 aliphatic carbocycles. The molecule has 3 N–H and O–H groups in total. The summed E-state index contributed by atoms with van der Waals surface area (Å²) in [6.45, 7) is 6.11. The quantitative estimate of drug-likeness (QED) is 0.861. The first-order valence-corrected chi connectivity index (χ1v) is 9.51. The molecule has 2 aromatic rings. The van der Waals surface area contributed by atoms with Crippen LogP contribution in [0.1, 0.15) is 30.2 Å². The number of rotatable bonds is 4. The maximum atomic E-state index is 11.1. The number of piperidine rings is 1. The van der Waals surface area contributed by atoms with Gasteiger partial charge in [0.1, 0.15) is 0 Å². The highest BCUT2D eigenvalue weighted by atomic mass is 32.1. The predicted molar refractivity (Wildman–Crippen MR) is 105 cm³/mol. The van der Waals surface area contributed by atoms with Crippen LogP contribution in [0.4, 0.5) is 5.13 Å². The number of likely N-dealkylation sites (tertiary alicyclic amines) is 1. The number of amides is 2. The molecule has 0 unspecified atom stereocenters. The number of benzene rings is 1. The summed E-state index contributed by atoms with van der Waals surface area (Å²) in [5.41, 5.74) is 6.63. The van der Waals surface area contributed by atoms with Gasteiger partial charge in [0, 0.05) is 30.5 Å². The fraction of sp³-hybridized carbons (Fsp3) is 0.421. The monoisotopic (exact) mass is 374 g/mol. The van der Waals surface area contributed by atoms with E-state index < -0.39 is 0 Å². The van der Waals surface area contributed by atoms with Crippen molar-refractivity contribution in [2.24, 2.45) is 11.7 Å². The van der Waals surface area contributed by atoms with Crippen LogP contribution in [0.15, 0.2) is 36.5 Å². The molecule has 0 bridgehead atoms. The third-order valence-corrected chi connectivity index (χ3v) is 5.04. The van der Waals surface area contributed by atoms with E-state index in [4.69, 9.17) is 5.73 Å². The normalized spacial score (nSPS) is 15.0. The molecule has 6 nitrogen and oxygen atoms in total. The van der Waals surface area contributed by atoms with E-state index in [-0.39, 0.29) is 17.7 Å². The second kappa shape index (κ2) is 10.0. The summed E-state index contributed by atoms with van der Waals surface area (Å²) >= 11 is 1.49. The fourth-order valence-electron chi connectivity index (χ4n) is 2.72. The molecule has 2 heterocycles. The van der Waals surface area contributed by atoms with Gasteiger partial charge >= 0.3 is 0 Å². The molecular formula is C19H26N4O2S. The molecule has 1 fully saturated rings. The number of carbonyl (C=O) groups is 2. The first-order chi connectivity index (χ1) is 12.4. The Morgan fingerprint density at radius 2 is 1.92 bits per heavy atom. The Bertz CT molecular complexity index is 709. The van der Waals surface area contributed by atoms with Gasteiger partial charge in [0.2, 0.25) is 11.8 Å². The van der Waals surface area contributed by atoms with Gasteiger partial charge in [0.25, 0.3) is 0 Å². The van der Waals surface area contributed by atoms with E-state index in [1.165, 1.54) is 23.8 Å². The highest BCUT2D eigenvalue weighted by molar-refractivity contribution is 7.15. The molecule has 1 saturated heterocycles. The average molecular weight is 375 g/mol. The number of nitrogens with zero attached hydrogens (tertiary/aromatic N) is 2. The van der Waals surface area contributed by atoms with Gasteiger partial charge in [0.15, 0.2) is 5.13 Å². The largest absolute Gasteiger partial charge is 0.369 e. The molecule has 3 rings (SSSR count). The van der Waals surface area contributed by atoms with Crippen LogP contribution in [0.5, 0.6) is 0 Å². The number of aromatic nitrogens is 1. The minimum atomic E-state index is -0.189. The second-order valence-electron chi connectivity index (χ2n) is 6.42. The number of primary amides is 1. The molecule has 1 aromatic heterocycles. The summed E-state index contributed by atoms with van der Waals surface area (Å²) in [6.07, 6.45) is 3.44. The number of hydrogen-bond donors (Lipinski definition) is 2. The molecule has 26 heavy (non-hydrogen) atoms. The number of carbonyl (C=O) groups excluding carboxylic acids is 2. The number of nitrogens with one attached hydrogen (secondary N) is 1. The molecule has 140 valence electrons. The van der Waals surface area contributed by atoms with Crippen molar-refractivity contribution < 1.29 is 9.59 Å². The van der Waals surface area contributed by atoms with E-state index >= 15 is 0 Å². The van der Waals surface area contributed by atoms with Gasteiger partial charge in [-0.3, -0.25) is 14.5 Å². The standard InChI is InChI=1S/C12H18N4O2S.C7H8/c1-8(17)15-12-14-6-10(19-12)7-16-4-2-9(3-5-16)11(13)18;1-7-5-3-2-4-6-7/h6,9H,2-5,7H2,1H3,(H2,13,18)(H,14,15,17);2-6H,1H3. The summed E-state index contributed by atoms with van der Waals surface area (Å²) in [7, 11) is 0. The van der Waals surface area contributed by atoms with Gasteiger partial charge in [0.05, 0.1) is 0 Å². The molecule has 0 radical (unpaired) electrons. The van der Waals surface area contributed by atoms with Crippen molar-refractivity contribution >= 4 is 28.3 Å². The van der Waals surface area contributed by atoms with E-state index in [0.717, 1.165) is 37.4 Å². The molecule has 1 aliphatic rings. The van der Waals surface area contributed by atoms with Crippen molar-refractivity contribution in [2.45, 2.75) is 33.2 Å². The van der Waals surface area contributed by atoms with Crippen molar-refractivity contribution in [2.75, 3.05) is 18.4 Å². The Balaban J connectivity index is 0.000000290. The topological polar surface area (TPSA) is 88.3 Å². The summed E-state index contributed by atoms with van der Waals surface area (Å²) in [5.74, 6) is -0.277. The van der Waals surface area contributed by atoms with E-state index in [2.05, 4.69) is 34.3 Å². The number of aryl methyl sites for hydroxylation is 1. The average Bonchev–Trinajstić information content (AvgIpc) is 3.03. The summed E-state index contributed by atoms with van der Waals surface area (Å²) in [4.78, 5) is 29.5. The molecule has 0 spiro atoms. The highest BCUT2D eigenvalue weighted by Gasteiger charge is 2.23. The van der Waals surface area contributed by atoms with E-state index in [1.807, 2.05) is 18.2 Å². The van der Waals surface area contributed by atoms with Crippen LogP contribution in [0, 0.1) is 12.8 Å². The van der Waals surface area contributed by atoms with Crippen LogP contribution in [0.25, 0.3) is 0 Å². The lowest BCUT2D eigenvalue weighted by Crippen LogP contribution is -2.37. The van der Waals surface area contributed by atoms with Gasteiger partial charge in [-0.2, -0.15) is 0 Å². The molecule has 2 amide bonds. The van der Waals surface area contributed by atoms with Crippen LogP contribution >= 0.6 is 11.3 Å². The van der Waals surface area contributed by atoms with Crippen molar-refractivity contribution in [3.05, 3.63) is 47.0 Å². The minimum absolute atomic E-state index is 0.0210. The summed E-state index contributed by atoms with van der Waals surface area (Å²) in [6, 6.07) is 10.3. The highest BCUT2D eigenvalue weighted by Crippen LogP contribution is 2.23. The smallest absolute Gasteiger partial charge is 0.223 e. The zero-order valence-corrected chi connectivity index (χ0v) is 16.1. The zero-order chi connectivity index (χ0) is 18.9. The Morgan fingerprint density at radius 3 is 2.42 bits per heavy atom. The lowest BCUT2D eigenvalue weighted by Gasteiger charge is -2.29. The van der Waals surface area contributed by atoms with Crippen LogP contribution in [-0.4, -0.2) is 34.8 Å². The Kier molecular flexibility index (Phi) is 7.74. The van der Waals surface area contributed by atoms with E-state index in [1.54, 1.807) is 6.20 Å². The maximum Gasteiger partial charge on any atom is 0.223 e. The SMILES string of the molecule is CC(=O)Nc1ncc(CN2CCC(C(N)=O)CC2)s1.Cc1ccccc1. The van der Waals surface area contributed by atoms with Crippen molar-refractivity contribution in [1.29, 1.82) is 0 Å². The van der Waals surface area contributed by atoms with Crippen LogP contribution in [0.3, 0.4) is 0 Å². The first-order valence-electron chi connectivity index (χ1n) is 8.69. The molecule has 7 heteroatoms. The zero-order valence-electron chi connectivity index (χ0n) is 15.3. The number of anilines is 1. The molecule has 1 aromatic carbocycles. The van der Waals surface area contributed by atoms with Crippen molar-refractivity contribution in [3.8, 4) is 0 Å². The van der Waals surface area contributed by atoms with Gasteiger partial charge in [-0.1, -0.05) is 35.9 Å². The van der Waals surface area contributed by atoms with E-state index in [0.29, 0.717) is 5.13 Å². The maximum absolute atomic E-state index is 11.1. The van der Waals surface area contributed by atoms with Crippen LogP contribution in [0.2, 0.25) is 0 Å². The van der Waals surface area contributed by atoms with Gasteiger partial charge in [-0.15, -0.1) is 11.3 Å². The van der Waals surface area contributed by atoms with Crippen LogP contribution in [-0.2, 0) is 16.1 Å². The number of thiazole rings is 1. The van der Waals surface area contributed by atoms with E-state index in [9.17, 15) is 9.59 Å². The fourth-order valence-corrected chi connectivity index (χ4v) is 3.62. The lowest BCUT2D eigenvalue weighted by atomic mass is 9.96. The third kappa shape index (κ3) is 6.93. The van der Waals surface area contributed by atoms with Crippen LogP contribution < -0.4 is 11.1 Å². The Hall–Kier alpha value is -2.25. The van der Waals surface area contributed by atoms with Gasteiger partial charge < -0.3 is 11.1 Å². The minimum Gasteiger partial charge on any atom is -0.369 e. The molecule has 0 atom stereocenters. The lowest BCUT2D eigenvalue weighted by molar-refractivity contribution is -0.123. The third-order valence-electron chi connectivity index (χ3n) is 4.15.